The number of halogens is 1. The zero-order valence-corrected chi connectivity index (χ0v) is 8.87. The van der Waals surface area contributed by atoms with Crippen LogP contribution in [-0.2, 0) is 0 Å². The van der Waals surface area contributed by atoms with E-state index in [1.54, 1.807) is 19.0 Å². The van der Waals surface area contributed by atoms with Gasteiger partial charge in [0.05, 0.1) is 17.4 Å². The van der Waals surface area contributed by atoms with Crippen LogP contribution in [0.5, 0.6) is 0 Å². The first-order valence-electron chi connectivity index (χ1n) is 3.58. The normalized spacial score (nSPS) is 9.77. The van der Waals surface area contributed by atoms with E-state index in [9.17, 15) is 4.79 Å². The first kappa shape index (κ1) is 9.98. The zero-order valence-electron chi connectivity index (χ0n) is 7.28. The van der Waals surface area contributed by atoms with Crippen molar-refractivity contribution >= 4 is 27.6 Å². The Balaban J connectivity index is 3.27. The lowest BCUT2D eigenvalue weighted by atomic mass is 10.2. The maximum Gasteiger partial charge on any atom is 0.337 e. The molecule has 1 rings (SSSR count). The van der Waals surface area contributed by atoms with Crippen LogP contribution in [0.25, 0.3) is 0 Å². The second-order valence-corrected chi connectivity index (χ2v) is 3.54. The highest BCUT2D eigenvalue weighted by molar-refractivity contribution is 9.10. The largest absolute Gasteiger partial charge is 0.478 e. The molecule has 0 spiro atoms. The molecule has 0 saturated heterocycles. The fraction of sp³-hybridized carbons (Fsp3) is 0.250. The topological polar surface area (TPSA) is 53.4 Å². The number of carboxylic acid groups (broad SMARTS) is 1. The summed E-state index contributed by atoms with van der Waals surface area (Å²) in [6.45, 7) is 0. The summed E-state index contributed by atoms with van der Waals surface area (Å²) >= 11 is 3.12. The molecule has 0 aliphatic carbocycles. The molecule has 13 heavy (non-hydrogen) atoms. The molecule has 0 unspecified atom stereocenters. The van der Waals surface area contributed by atoms with E-state index in [1.807, 2.05) is 0 Å². The third kappa shape index (κ3) is 2.18. The van der Waals surface area contributed by atoms with Crippen molar-refractivity contribution in [3.63, 3.8) is 0 Å². The smallest absolute Gasteiger partial charge is 0.337 e. The summed E-state index contributed by atoms with van der Waals surface area (Å²) in [5.41, 5.74) is 0.836. The minimum atomic E-state index is -0.952. The van der Waals surface area contributed by atoms with E-state index in [1.165, 1.54) is 12.3 Å². The molecule has 0 fully saturated rings. The fourth-order valence-corrected chi connectivity index (χ4v) is 1.28. The number of pyridine rings is 1. The predicted octanol–water partition coefficient (Wildman–Crippen LogP) is 1.61. The van der Waals surface area contributed by atoms with Crippen molar-refractivity contribution in [1.29, 1.82) is 0 Å². The predicted molar refractivity (Wildman–Crippen MR) is 53.2 cm³/mol. The van der Waals surface area contributed by atoms with Crippen LogP contribution < -0.4 is 4.90 Å². The van der Waals surface area contributed by atoms with Crippen LogP contribution in [0, 0.1) is 0 Å². The molecule has 1 N–H and O–H groups in total. The average molecular weight is 245 g/mol. The number of aromatic carboxylic acids is 1. The monoisotopic (exact) mass is 244 g/mol. The van der Waals surface area contributed by atoms with Crippen molar-refractivity contribution < 1.29 is 9.90 Å². The van der Waals surface area contributed by atoms with Gasteiger partial charge < -0.3 is 10.0 Å². The van der Waals surface area contributed by atoms with E-state index in [-0.39, 0.29) is 5.56 Å². The van der Waals surface area contributed by atoms with Gasteiger partial charge in [-0.3, -0.25) is 0 Å². The Hall–Kier alpha value is -1.10. The van der Waals surface area contributed by atoms with Crippen LogP contribution in [-0.4, -0.2) is 30.2 Å². The van der Waals surface area contributed by atoms with Crippen molar-refractivity contribution in [1.82, 2.24) is 4.98 Å². The van der Waals surface area contributed by atoms with Gasteiger partial charge in [0, 0.05) is 14.1 Å². The molecule has 0 atom stereocenters. The van der Waals surface area contributed by atoms with Crippen molar-refractivity contribution in [3.05, 3.63) is 22.4 Å². The lowest BCUT2D eigenvalue weighted by molar-refractivity contribution is 0.0697. The number of carboxylic acids is 1. The average Bonchev–Trinajstić information content (AvgIpc) is 2.03. The van der Waals surface area contributed by atoms with Gasteiger partial charge in [0.15, 0.2) is 0 Å². The van der Waals surface area contributed by atoms with Gasteiger partial charge in [0.1, 0.15) is 4.60 Å². The highest BCUT2D eigenvalue weighted by atomic mass is 79.9. The molecule has 70 valence electrons. The van der Waals surface area contributed by atoms with Gasteiger partial charge >= 0.3 is 5.97 Å². The molecule has 5 heteroatoms. The van der Waals surface area contributed by atoms with E-state index in [2.05, 4.69) is 20.9 Å². The molecule has 0 amide bonds. The number of rotatable bonds is 2. The molecule has 0 aromatic carbocycles. The Labute approximate surface area is 84.3 Å². The van der Waals surface area contributed by atoms with E-state index < -0.39 is 5.97 Å². The third-order valence-corrected chi connectivity index (χ3v) is 2.00. The van der Waals surface area contributed by atoms with Crippen LogP contribution in [0.2, 0.25) is 0 Å². The highest BCUT2D eigenvalue weighted by Crippen LogP contribution is 2.20. The molecule has 0 aliphatic rings. The number of hydrogen-bond donors (Lipinski definition) is 1. The number of aromatic nitrogens is 1. The maximum absolute atomic E-state index is 10.8. The summed E-state index contributed by atoms with van der Waals surface area (Å²) in [7, 11) is 3.55. The van der Waals surface area contributed by atoms with E-state index in [0.717, 1.165) is 0 Å². The SMILES string of the molecule is CN(C)c1cnc(Br)cc1C(=O)O. The van der Waals surface area contributed by atoms with Crippen LogP contribution in [0.3, 0.4) is 0 Å². The number of anilines is 1. The Morgan fingerprint density at radius 2 is 2.23 bits per heavy atom. The van der Waals surface area contributed by atoms with Crippen molar-refractivity contribution in [3.8, 4) is 0 Å². The Bertz CT molecular complexity index is 339. The minimum Gasteiger partial charge on any atom is -0.478 e. The van der Waals surface area contributed by atoms with Gasteiger partial charge in [0.2, 0.25) is 0 Å². The molecule has 0 saturated carbocycles. The van der Waals surface area contributed by atoms with Crippen molar-refractivity contribution in [2.45, 2.75) is 0 Å². The molecule has 1 aromatic heterocycles. The van der Waals surface area contributed by atoms with Crippen LogP contribution >= 0.6 is 15.9 Å². The van der Waals surface area contributed by atoms with Gasteiger partial charge in [-0.15, -0.1) is 0 Å². The summed E-state index contributed by atoms with van der Waals surface area (Å²) < 4.78 is 0.524. The van der Waals surface area contributed by atoms with E-state index in [0.29, 0.717) is 10.3 Å². The minimum absolute atomic E-state index is 0.242. The van der Waals surface area contributed by atoms with Crippen LogP contribution in [0.15, 0.2) is 16.9 Å². The maximum atomic E-state index is 10.8. The first-order chi connectivity index (χ1) is 6.02. The fourth-order valence-electron chi connectivity index (χ4n) is 0.950. The van der Waals surface area contributed by atoms with Gasteiger partial charge in [-0.1, -0.05) is 0 Å². The van der Waals surface area contributed by atoms with Gasteiger partial charge in [-0.25, -0.2) is 9.78 Å². The van der Waals surface area contributed by atoms with Crippen LogP contribution in [0.1, 0.15) is 10.4 Å². The van der Waals surface area contributed by atoms with Gasteiger partial charge in [0.25, 0.3) is 0 Å². The molecular weight excluding hydrogens is 236 g/mol. The standard InChI is InChI=1S/C8H9BrN2O2/c1-11(2)6-4-10-7(9)3-5(6)8(12)13/h3-4H,1-2H3,(H,12,13). The summed E-state index contributed by atoms with van der Waals surface area (Å²) in [5, 5.41) is 8.86. The molecule has 1 heterocycles. The first-order valence-corrected chi connectivity index (χ1v) is 4.38. The molecule has 0 radical (unpaired) electrons. The summed E-state index contributed by atoms with van der Waals surface area (Å²) in [6.07, 6.45) is 1.52. The number of carbonyl (C=O) groups is 1. The Morgan fingerprint density at radius 1 is 1.62 bits per heavy atom. The summed E-state index contributed by atoms with van der Waals surface area (Å²) in [5.74, 6) is -0.952. The van der Waals surface area contributed by atoms with E-state index >= 15 is 0 Å². The summed E-state index contributed by atoms with van der Waals surface area (Å²) in [4.78, 5) is 16.5. The third-order valence-electron chi connectivity index (χ3n) is 1.56. The molecular formula is C8H9BrN2O2. The lowest BCUT2D eigenvalue weighted by Gasteiger charge is -2.14. The van der Waals surface area contributed by atoms with Gasteiger partial charge in [-0.05, 0) is 22.0 Å². The van der Waals surface area contributed by atoms with E-state index in [4.69, 9.17) is 5.11 Å². The Kier molecular flexibility index (Phi) is 2.87. The molecule has 4 nitrogen and oxygen atoms in total. The van der Waals surface area contributed by atoms with Crippen molar-refractivity contribution in [2.24, 2.45) is 0 Å². The zero-order chi connectivity index (χ0) is 10.0. The van der Waals surface area contributed by atoms with Crippen LogP contribution in [0.4, 0.5) is 5.69 Å². The molecule has 1 aromatic rings. The highest BCUT2D eigenvalue weighted by Gasteiger charge is 2.12. The second-order valence-electron chi connectivity index (χ2n) is 2.72. The Morgan fingerprint density at radius 3 is 2.69 bits per heavy atom. The summed E-state index contributed by atoms with van der Waals surface area (Å²) in [6, 6.07) is 1.48. The molecule has 0 aliphatic heterocycles. The lowest BCUT2D eigenvalue weighted by Crippen LogP contribution is -2.14. The number of nitrogens with zero attached hydrogens (tertiary/aromatic N) is 2. The quantitative estimate of drug-likeness (QED) is 0.804. The van der Waals surface area contributed by atoms with Gasteiger partial charge in [-0.2, -0.15) is 0 Å². The second kappa shape index (κ2) is 3.74. The molecule has 0 bridgehead atoms. The number of hydrogen-bond acceptors (Lipinski definition) is 3. The van der Waals surface area contributed by atoms with Crippen molar-refractivity contribution in [2.75, 3.05) is 19.0 Å².